The van der Waals surface area contributed by atoms with Gasteiger partial charge in [-0.05, 0) is 39.7 Å². The number of aromatic nitrogens is 3. The van der Waals surface area contributed by atoms with E-state index in [0.717, 1.165) is 48.2 Å². The number of nitrogens with one attached hydrogen (secondary N) is 1. The van der Waals surface area contributed by atoms with Gasteiger partial charge in [-0.15, -0.1) is 5.10 Å². The highest BCUT2D eigenvalue weighted by Gasteiger charge is 2.28. The maximum absolute atomic E-state index is 6.13. The molecule has 108 valence electrons. The van der Waals surface area contributed by atoms with Gasteiger partial charge in [0.1, 0.15) is 11.5 Å². The summed E-state index contributed by atoms with van der Waals surface area (Å²) in [7, 11) is 0. The Morgan fingerprint density at radius 1 is 1.45 bits per heavy atom. The fourth-order valence-corrected chi connectivity index (χ4v) is 2.82. The number of furan rings is 1. The number of piperidine rings is 1. The third-order valence-corrected chi connectivity index (χ3v) is 4.07. The SMILES string of the molecule is Cc1cc(-c2nc(N3CCCC(N)C3C)n[nH]2)c(C)o1. The Labute approximate surface area is 118 Å². The molecule has 0 bridgehead atoms. The molecule has 20 heavy (non-hydrogen) atoms. The standard InChI is InChI=1S/C14H21N5O/c1-8-7-11(10(3)20-8)13-16-14(18-17-13)19-6-4-5-12(15)9(19)2/h7,9,12H,4-6,15H2,1-3H3,(H,16,17,18). The van der Waals surface area contributed by atoms with Crippen molar-refractivity contribution in [2.75, 3.05) is 11.4 Å². The van der Waals surface area contributed by atoms with Crippen LogP contribution in [0, 0.1) is 13.8 Å². The summed E-state index contributed by atoms with van der Waals surface area (Å²) in [5.74, 6) is 3.21. The molecule has 6 heteroatoms. The highest BCUT2D eigenvalue weighted by atomic mass is 16.3. The van der Waals surface area contributed by atoms with Gasteiger partial charge < -0.3 is 15.1 Å². The van der Waals surface area contributed by atoms with Gasteiger partial charge in [-0.25, -0.2) is 0 Å². The third-order valence-electron chi connectivity index (χ3n) is 4.07. The number of H-pyrrole nitrogens is 1. The molecule has 2 unspecified atom stereocenters. The van der Waals surface area contributed by atoms with Crippen molar-refractivity contribution >= 4 is 5.95 Å². The van der Waals surface area contributed by atoms with E-state index in [9.17, 15) is 0 Å². The molecule has 0 aromatic carbocycles. The van der Waals surface area contributed by atoms with Crippen LogP contribution in [-0.2, 0) is 0 Å². The summed E-state index contributed by atoms with van der Waals surface area (Å²) in [4.78, 5) is 6.78. The number of hydrogen-bond donors (Lipinski definition) is 2. The highest BCUT2D eigenvalue weighted by molar-refractivity contribution is 5.59. The van der Waals surface area contributed by atoms with E-state index in [1.54, 1.807) is 0 Å². The first-order valence-electron chi connectivity index (χ1n) is 7.08. The molecule has 3 rings (SSSR count). The van der Waals surface area contributed by atoms with E-state index in [1.165, 1.54) is 0 Å². The molecule has 2 aromatic rings. The lowest BCUT2D eigenvalue weighted by Crippen LogP contribution is -2.50. The summed E-state index contributed by atoms with van der Waals surface area (Å²) in [5.41, 5.74) is 7.10. The first-order valence-corrected chi connectivity index (χ1v) is 7.08. The van der Waals surface area contributed by atoms with Crippen molar-refractivity contribution in [3.63, 3.8) is 0 Å². The van der Waals surface area contributed by atoms with E-state index in [0.29, 0.717) is 0 Å². The van der Waals surface area contributed by atoms with Crippen LogP contribution in [0.4, 0.5) is 5.95 Å². The molecule has 0 amide bonds. The lowest BCUT2D eigenvalue weighted by atomic mass is 9.99. The Kier molecular flexibility index (Phi) is 3.25. The van der Waals surface area contributed by atoms with Crippen molar-refractivity contribution in [1.29, 1.82) is 0 Å². The lowest BCUT2D eigenvalue weighted by Gasteiger charge is -2.36. The van der Waals surface area contributed by atoms with Gasteiger partial charge in [0.2, 0.25) is 5.95 Å². The first kappa shape index (κ1) is 13.2. The highest BCUT2D eigenvalue weighted by Crippen LogP contribution is 2.26. The second-order valence-electron chi connectivity index (χ2n) is 5.55. The van der Waals surface area contributed by atoms with E-state index in [-0.39, 0.29) is 12.1 Å². The summed E-state index contributed by atoms with van der Waals surface area (Å²) < 4.78 is 5.54. The maximum atomic E-state index is 6.13. The molecular formula is C14H21N5O. The van der Waals surface area contributed by atoms with Crippen LogP contribution in [-0.4, -0.2) is 33.8 Å². The molecule has 1 saturated heterocycles. The molecule has 1 fully saturated rings. The number of nitrogens with zero attached hydrogens (tertiary/aromatic N) is 3. The predicted octanol–water partition coefficient (Wildman–Crippen LogP) is 2.00. The zero-order valence-corrected chi connectivity index (χ0v) is 12.2. The Balaban J connectivity index is 1.88. The van der Waals surface area contributed by atoms with E-state index in [1.807, 2.05) is 19.9 Å². The summed E-state index contributed by atoms with van der Waals surface area (Å²) in [6.45, 7) is 6.95. The summed E-state index contributed by atoms with van der Waals surface area (Å²) in [6.07, 6.45) is 2.15. The van der Waals surface area contributed by atoms with Crippen LogP contribution < -0.4 is 10.6 Å². The van der Waals surface area contributed by atoms with E-state index in [4.69, 9.17) is 10.2 Å². The molecule has 1 aliphatic heterocycles. The normalized spacial score (nSPS) is 23.3. The van der Waals surface area contributed by atoms with Gasteiger partial charge in [-0.2, -0.15) is 4.98 Å². The van der Waals surface area contributed by atoms with Crippen LogP contribution in [0.2, 0.25) is 0 Å². The molecule has 6 nitrogen and oxygen atoms in total. The van der Waals surface area contributed by atoms with Crippen LogP contribution in [0.5, 0.6) is 0 Å². The second-order valence-corrected chi connectivity index (χ2v) is 5.55. The van der Waals surface area contributed by atoms with Crippen molar-refractivity contribution < 1.29 is 4.42 Å². The Bertz CT molecular complexity index is 602. The molecular weight excluding hydrogens is 254 g/mol. The van der Waals surface area contributed by atoms with Crippen LogP contribution in [0.3, 0.4) is 0 Å². The van der Waals surface area contributed by atoms with Crippen LogP contribution in [0.25, 0.3) is 11.4 Å². The smallest absolute Gasteiger partial charge is 0.245 e. The molecule has 3 N–H and O–H groups in total. The zero-order chi connectivity index (χ0) is 14.3. The average Bonchev–Trinajstić information content (AvgIpc) is 2.99. The average molecular weight is 275 g/mol. The van der Waals surface area contributed by atoms with Crippen LogP contribution >= 0.6 is 0 Å². The monoisotopic (exact) mass is 275 g/mol. The third kappa shape index (κ3) is 2.20. The van der Waals surface area contributed by atoms with Gasteiger partial charge >= 0.3 is 0 Å². The quantitative estimate of drug-likeness (QED) is 0.875. The van der Waals surface area contributed by atoms with Crippen LogP contribution in [0.15, 0.2) is 10.5 Å². The molecule has 2 atom stereocenters. The number of nitrogens with two attached hydrogens (primary N) is 1. The van der Waals surface area contributed by atoms with Crippen molar-refractivity contribution in [1.82, 2.24) is 15.2 Å². The largest absolute Gasteiger partial charge is 0.466 e. The Morgan fingerprint density at radius 3 is 2.95 bits per heavy atom. The van der Waals surface area contributed by atoms with Gasteiger partial charge in [0.25, 0.3) is 0 Å². The van der Waals surface area contributed by atoms with E-state index in [2.05, 4.69) is 27.0 Å². The van der Waals surface area contributed by atoms with Gasteiger partial charge in [-0.3, -0.25) is 5.10 Å². The van der Waals surface area contributed by atoms with Crippen molar-refractivity contribution in [3.05, 3.63) is 17.6 Å². The maximum Gasteiger partial charge on any atom is 0.245 e. The van der Waals surface area contributed by atoms with Gasteiger partial charge in [-0.1, -0.05) is 0 Å². The van der Waals surface area contributed by atoms with Crippen molar-refractivity contribution in [3.8, 4) is 11.4 Å². The molecule has 0 spiro atoms. The number of anilines is 1. The number of aromatic amines is 1. The summed E-state index contributed by atoms with van der Waals surface area (Å²) >= 11 is 0. The Morgan fingerprint density at radius 2 is 2.25 bits per heavy atom. The molecule has 0 radical (unpaired) electrons. The topological polar surface area (TPSA) is 84.0 Å². The van der Waals surface area contributed by atoms with E-state index < -0.39 is 0 Å². The van der Waals surface area contributed by atoms with Crippen LogP contribution in [0.1, 0.15) is 31.3 Å². The summed E-state index contributed by atoms with van der Waals surface area (Å²) in [5, 5.41) is 7.35. The number of aryl methyl sites for hydroxylation is 2. The fourth-order valence-electron chi connectivity index (χ4n) is 2.82. The first-order chi connectivity index (χ1) is 9.56. The molecule has 0 saturated carbocycles. The zero-order valence-electron chi connectivity index (χ0n) is 12.2. The lowest BCUT2D eigenvalue weighted by molar-refractivity contribution is 0.416. The van der Waals surface area contributed by atoms with Crippen molar-refractivity contribution in [2.45, 2.75) is 45.7 Å². The fraction of sp³-hybridized carbons (Fsp3) is 0.571. The predicted molar refractivity (Wildman–Crippen MR) is 77.6 cm³/mol. The number of hydrogen-bond acceptors (Lipinski definition) is 5. The van der Waals surface area contributed by atoms with E-state index >= 15 is 0 Å². The van der Waals surface area contributed by atoms with Gasteiger partial charge in [0.05, 0.1) is 5.56 Å². The minimum atomic E-state index is 0.184. The second kappa shape index (κ2) is 4.94. The summed E-state index contributed by atoms with van der Waals surface area (Å²) in [6, 6.07) is 2.42. The minimum absolute atomic E-state index is 0.184. The minimum Gasteiger partial charge on any atom is -0.466 e. The Hall–Kier alpha value is -1.82. The van der Waals surface area contributed by atoms with Gasteiger partial charge in [0, 0.05) is 18.6 Å². The molecule has 0 aliphatic carbocycles. The number of rotatable bonds is 2. The molecule has 1 aliphatic rings. The molecule has 2 aromatic heterocycles. The van der Waals surface area contributed by atoms with Crippen molar-refractivity contribution in [2.24, 2.45) is 5.73 Å². The molecule has 3 heterocycles. The van der Waals surface area contributed by atoms with Gasteiger partial charge in [0.15, 0.2) is 5.82 Å².